The number of anilines is 2. The van der Waals surface area contributed by atoms with E-state index in [9.17, 15) is 14.4 Å². The third-order valence-electron chi connectivity index (χ3n) is 5.34. The van der Waals surface area contributed by atoms with Crippen LogP contribution < -0.4 is 21.9 Å². The summed E-state index contributed by atoms with van der Waals surface area (Å²) in [6.45, 7) is 2.41. The minimum absolute atomic E-state index is 0.0561. The summed E-state index contributed by atoms with van der Waals surface area (Å²) >= 11 is 0. The molecule has 1 aliphatic carbocycles. The first-order chi connectivity index (χ1) is 14.0. The van der Waals surface area contributed by atoms with Gasteiger partial charge in [0.1, 0.15) is 5.82 Å². The SMILES string of the molecule is CCCCn1c(N)c(N(C(=O)/C=C/c2ccccc2)C2CCCC2)c(=O)[nH]c1=O. The van der Waals surface area contributed by atoms with Gasteiger partial charge in [-0.2, -0.15) is 0 Å². The van der Waals surface area contributed by atoms with Gasteiger partial charge in [-0.25, -0.2) is 4.79 Å². The monoisotopic (exact) mass is 396 g/mol. The molecule has 0 spiro atoms. The maximum Gasteiger partial charge on any atom is 0.330 e. The summed E-state index contributed by atoms with van der Waals surface area (Å²) in [5, 5.41) is 0. The van der Waals surface area contributed by atoms with E-state index in [0.29, 0.717) is 6.54 Å². The number of hydrogen-bond donors (Lipinski definition) is 2. The number of amides is 1. The zero-order valence-corrected chi connectivity index (χ0v) is 16.8. The molecule has 154 valence electrons. The molecule has 7 nitrogen and oxygen atoms in total. The van der Waals surface area contributed by atoms with Crippen LogP contribution in [0.2, 0.25) is 0 Å². The normalized spacial score (nSPS) is 14.5. The number of benzene rings is 1. The van der Waals surface area contributed by atoms with Gasteiger partial charge in [0.25, 0.3) is 11.5 Å². The highest BCUT2D eigenvalue weighted by atomic mass is 16.2. The standard InChI is InChI=1S/C22H28N4O3/c1-2-3-15-25-20(23)19(21(28)24-22(25)29)26(17-11-7-8-12-17)18(27)14-13-16-9-5-4-6-10-16/h4-6,9-10,13-14,17H,2-3,7-8,11-12,15,23H2,1H3,(H,24,28,29)/b14-13+. The van der Waals surface area contributed by atoms with Gasteiger partial charge in [-0.1, -0.05) is 56.5 Å². The number of nitrogens with zero attached hydrogens (tertiary/aromatic N) is 2. The molecule has 0 saturated heterocycles. The number of aromatic amines is 1. The summed E-state index contributed by atoms with van der Waals surface area (Å²) < 4.78 is 1.36. The Hall–Kier alpha value is -3.09. The van der Waals surface area contributed by atoms with Crippen molar-refractivity contribution in [2.45, 2.75) is 58.0 Å². The highest BCUT2D eigenvalue weighted by molar-refractivity contribution is 6.05. The highest BCUT2D eigenvalue weighted by Gasteiger charge is 2.31. The summed E-state index contributed by atoms with van der Waals surface area (Å²) in [4.78, 5) is 41.9. The molecule has 0 atom stereocenters. The number of carbonyl (C=O) groups excluding carboxylic acids is 1. The first kappa shape index (κ1) is 20.6. The van der Waals surface area contributed by atoms with Crippen LogP contribution in [0.25, 0.3) is 6.08 Å². The lowest BCUT2D eigenvalue weighted by molar-refractivity contribution is -0.114. The number of unbranched alkanes of at least 4 members (excludes halogenated alkanes) is 1. The molecule has 1 aromatic carbocycles. The Bertz CT molecular complexity index is 985. The van der Waals surface area contributed by atoms with E-state index in [4.69, 9.17) is 5.73 Å². The maximum absolute atomic E-state index is 13.2. The quantitative estimate of drug-likeness (QED) is 0.703. The number of carbonyl (C=O) groups is 1. The lowest BCUT2D eigenvalue weighted by Gasteiger charge is -2.29. The zero-order chi connectivity index (χ0) is 20.8. The summed E-state index contributed by atoms with van der Waals surface area (Å²) in [6.07, 6.45) is 8.41. The van der Waals surface area contributed by atoms with Crippen molar-refractivity contribution in [3.05, 3.63) is 62.8 Å². The molecule has 0 bridgehead atoms. The Morgan fingerprint density at radius 3 is 2.59 bits per heavy atom. The molecule has 1 amide bonds. The van der Waals surface area contributed by atoms with E-state index in [0.717, 1.165) is 44.1 Å². The Labute approximate surface area is 169 Å². The molecule has 1 aliphatic rings. The number of hydrogen-bond acceptors (Lipinski definition) is 4. The second-order valence-electron chi connectivity index (χ2n) is 7.39. The number of H-pyrrole nitrogens is 1. The molecule has 3 N–H and O–H groups in total. The Kier molecular flexibility index (Phi) is 6.69. The van der Waals surface area contributed by atoms with Crippen LogP contribution in [0.3, 0.4) is 0 Å². The Morgan fingerprint density at radius 2 is 1.93 bits per heavy atom. The summed E-state index contributed by atoms with van der Waals surface area (Å²) in [5.41, 5.74) is 6.08. The second kappa shape index (κ2) is 9.41. The predicted molar refractivity (Wildman–Crippen MR) is 116 cm³/mol. The van der Waals surface area contributed by atoms with Crippen molar-refractivity contribution in [1.29, 1.82) is 0 Å². The Balaban J connectivity index is 2.03. The molecule has 1 heterocycles. The van der Waals surface area contributed by atoms with E-state index >= 15 is 0 Å². The summed E-state index contributed by atoms with van der Waals surface area (Å²) in [6, 6.07) is 9.38. The number of rotatable bonds is 7. The highest BCUT2D eigenvalue weighted by Crippen LogP contribution is 2.29. The number of nitrogens with one attached hydrogen (secondary N) is 1. The molecule has 0 radical (unpaired) electrons. The minimum atomic E-state index is -0.617. The van der Waals surface area contributed by atoms with E-state index in [2.05, 4.69) is 4.98 Å². The molecular weight excluding hydrogens is 368 g/mol. The number of aromatic nitrogens is 2. The largest absolute Gasteiger partial charge is 0.383 e. The number of nitrogens with two attached hydrogens (primary N) is 1. The third kappa shape index (κ3) is 4.67. The lowest BCUT2D eigenvalue weighted by Crippen LogP contribution is -2.45. The van der Waals surface area contributed by atoms with E-state index in [-0.39, 0.29) is 23.5 Å². The summed E-state index contributed by atoms with van der Waals surface area (Å²) in [5.74, 6) is -0.251. The molecule has 1 aromatic heterocycles. The fourth-order valence-corrected chi connectivity index (χ4v) is 3.80. The molecule has 7 heteroatoms. The summed E-state index contributed by atoms with van der Waals surface area (Å²) in [7, 11) is 0. The van der Waals surface area contributed by atoms with Crippen LogP contribution in [-0.2, 0) is 11.3 Å². The van der Waals surface area contributed by atoms with Crippen LogP contribution in [0.4, 0.5) is 11.5 Å². The van der Waals surface area contributed by atoms with Crippen LogP contribution >= 0.6 is 0 Å². The van der Waals surface area contributed by atoms with Crippen molar-refractivity contribution in [2.75, 3.05) is 10.6 Å². The molecule has 0 aliphatic heterocycles. The fraction of sp³-hybridized carbons (Fsp3) is 0.409. The minimum Gasteiger partial charge on any atom is -0.383 e. The topological polar surface area (TPSA) is 101 Å². The lowest BCUT2D eigenvalue weighted by atomic mass is 10.1. The molecule has 1 fully saturated rings. The van der Waals surface area contributed by atoms with Crippen LogP contribution in [0, 0.1) is 0 Å². The third-order valence-corrected chi connectivity index (χ3v) is 5.34. The van der Waals surface area contributed by atoms with Crippen LogP contribution in [-0.4, -0.2) is 21.5 Å². The van der Waals surface area contributed by atoms with E-state index in [1.807, 2.05) is 37.3 Å². The molecule has 3 rings (SSSR count). The smallest absolute Gasteiger partial charge is 0.330 e. The fourth-order valence-electron chi connectivity index (χ4n) is 3.80. The molecule has 0 unspecified atom stereocenters. The van der Waals surface area contributed by atoms with Gasteiger partial charge >= 0.3 is 5.69 Å². The van der Waals surface area contributed by atoms with Crippen molar-refractivity contribution in [1.82, 2.24) is 9.55 Å². The van der Waals surface area contributed by atoms with Crippen molar-refractivity contribution < 1.29 is 4.79 Å². The van der Waals surface area contributed by atoms with Gasteiger partial charge in [-0.05, 0) is 30.9 Å². The van der Waals surface area contributed by atoms with Crippen molar-refractivity contribution in [3.8, 4) is 0 Å². The van der Waals surface area contributed by atoms with Crippen molar-refractivity contribution in [2.24, 2.45) is 0 Å². The zero-order valence-electron chi connectivity index (χ0n) is 16.8. The van der Waals surface area contributed by atoms with Gasteiger partial charge in [-0.3, -0.25) is 24.0 Å². The second-order valence-corrected chi connectivity index (χ2v) is 7.39. The predicted octanol–water partition coefficient (Wildman–Crippen LogP) is 2.91. The van der Waals surface area contributed by atoms with Gasteiger partial charge in [0.2, 0.25) is 0 Å². The average molecular weight is 396 g/mol. The molecule has 2 aromatic rings. The first-order valence-electron chi connectivity index (χ1n) is 10.2. The van der Waals surface area contributed by atoms with Gasteiger partial charge in [0, 0.05) is 18.7 Å². The van der Waals surface area contributed by atoms with Crippen molar-refractivity contribution in [3.63, 3.8) is 0 Å². The average Bonchev–Trinajstić information content (AvgIpc) is 3.24. The van der Waals surface area contributed by atoms with Crippen LogP contribution in [0.15, 0.2) is 46.0 Å². The van der Waals surface area contributed by atoms with Crippen LogP contribution in [0.5, 0.6) is 0 Å². The first-order valence-corrected chi connectivity index (χ1v) is 10.2. The van der Waals surface area contributed by atoms with Gasteiger partial charge < -0.3 is 5.73 Å². The van der Waals surface area contributed by atoms with Crippen molar-refractivity contribution >= 4 is 23.5 Å². The van der Waals surface area contributed by atoms with E-state index in [1.54, 1.807) is 6.08 Å². The van der Waals surface area contributed by atoms with Gasteiger partial charge in [0.15, 0.2) is 5.69 Å². The maximum atomic E-state index is 13.2. The number of nitrogen functional groups attached to an aromatic ring is 1. The van der Waals surface area contributed by atoms with Gasteiger partial charge in [0.05, 0.1) is 0 Å². The van der Waals surface area contributed by atoms with Crippen LogP contribution in [0.1, 0.15) is 51.0 Å². The van der Waals surface area contributed by atoms with E-state index in [1.165, 1.54) is 15.5 Å². The molecule has 29 heavy (non-hydrogen) atoms. The van der Waals surface area contributed by atoms with E-state index < -0.39 is 11.2 Å². The molecular formula is C22H28N4O3. The Morgan fingerprint density at radius 1 is 1.24 bits per heavy atom. The van der Waals surface area contributed by atoms with Gasteiger partial charge in [-0.15, -0.1) is 0 Å². The molecule has 1 saturated carbocycles.